The summed E-state index contributed by atoms with van der Waals surface area (Å²) in [6.07, 6.45) is 0. The standard InChI is InChI=1S/C59H37N/c1-2-16-39(17-3-1)49-36-41-19-4-5-20-42(41)37-56(49)60(54-33-14-21-38-18-6-7-24-43(38)54)55-35-34-47-45-26-9-11-30-51(45)59(53-32-15-28-48(55)58(47)53)50-29-10-8-25-44(50)46-27-12-22-40-23-13-31-52(59)57(40)46/h1-37H. The summed E-state index contributed by atoms with van der Waals surface area (Å²) in [4.78, 5) is 2.55. The van der Waals surface area contributed by atoms with E-state index in [1.807, 2.05) is 0 Å². The van der Waals surface area contributed by atoms with Crippen LogP contribution in [-0.2, 0) is 5.41 Å². The summed E-state index contributed by atoms with van der Waals surface area (Å²) < 4.78 is 0. The Kier molecular flexibility index (Phi) is 7.00. The second-order valence-electron chi connectivity index (χ2n) is 16.3. The molecule has 0 radical (unpaired) electrons. The zero-order valence-corrected chi connectivity index (χ0v) is 32.8. The number of anilines is 3. The molecule has 0 saturated heterocycles. The quantitative estimate of drug-likeness (QED) is 0.173. The first-order valence-electron chi connectivity index (χ1n) is 20.9. The van der Waals surface area contributed by atoms with Crippen molar-refractivity contribution in [3.63, 3.8) is 0 Å². The Morgan fingerprint density at radius 3 is 1.55 bits per heavy atom. The predicted molar refractivity (Wildman–Crippen MR) is 253 cm³/mol. The monoisotopic (exact) mass is 759 g/mol. The highest BCUT2D eigenvalue weighted by Crippen LogP contribution is 2.62. The maximum Gasteiger partial charge on any atom is 0.0725 e. The van der Waals surface area contributed by atoms with Gasteiger partial charge < -0.3 is 4.90 Å². The van der Waals surface area contributed by atoms with E-state index in [0.717, 1.165) is 17.1 Å². The van der Waals surface area contributed by atoms with Gasteiger partial charge in [0.25, 0.3) is 0 Å². The predicted octanol–water partition coefficient (Wildman–Crippen LogP) is 15.8. The van der Waals surface area contributed by atoms with Crippen molar-refractivity contribution in [3.05, 3.63) is 247 Å². The van der Waals surface area contributed by atoms with E-state index in [1.165, 1.54) is 98.7 Å². The number of nitrogens with zero attached hydrogens (tertiary/aromatic N) is 1. The fourth-order valence-electron chi connectivity index (χ4n) is 11.0. The first-order valence-corrected chi connectivity index (χ1v) is 20.9. The number of hydrogen-bond acceptors (Lipinski definition) is 1. The smallest absolute Gasteiger partial charge is 0.0725 e. The van der Waals surface area contributed by atoms with Crippen molar-refractivity contribution in [1.82, 2.24) is 0 Å². The average molecular weight is 760 g/mol. The molecular formula is C59H37N. The summed E-state index contributed by atoms with van der Waals surface area (Å²) in [5, 5.41) is 9.98. The SMILES string of the molecule is c1ccc(-c2cc3ccccc3cc2N(c2cccc3ccccc23)c2ccc3c4c(cccc24)C2(c4ccccc4-c4cccc5cccc2c45)c2ccccc2-3)cc1. The molecule has 11 aromatic carbocycles. The van der Waals surface area contributed by atoms with Crippen LogP contribution >= 0.6 is 0 Å². The maximum absolute atomic E-state index is 2.55. The van der Waals surface area contributed by atoms with Crippen LogP contribution in [0.15, 0.2) is 224 Å². The molecule has 0 aromatic heterocycles. The van der Waals surface area contributed by atoms with Gasteiger partial charge >= 0.3 is 0 Å². The van der Waals surface area contributed by atoms with Crippen LogP contribution in [0.25, 0.3) is 76.5 Å². The van der Waals surface area contributed by atoms with Crippen molar-refractivity contribution in [2.75, 3.05) is 4.90 Å². The molecule has 2 aliphatic carbocycles. The van der Waals surface area contributed by atoms with Gasteiger partial charge in [0, 0.05) is 16.3 Å². The van der Waals surface area contributed by atoms with Gasteiger partial charge in [-0.25, -0.2) is 0 Å². The van der Waals surface area contributed by atoms with Gasteiger partial charge in [-0.3, -0.25) is 0 Å². The van der Waals surface area contributed by atoms with Gasteiger partial charge in [0.15, 0.2) is 0 Å². The molecule has 0 N–H and O–H groups in total. The van der Waals surface area contributed by atoms with Crippen molar-refractivity contribution in [3.8, 4) is 33.4 Å². The lowest BCUT2D eigenvalue weighted by Gasteiger charge is -2.46. The van der Waals surface area contributed by atoms with Crippen molar-refractivity contribution in [2.24, 2.45) is 0 Å². The van der Waals surface area contributed by atoms with Crippen molar-refractivity contribution in [1.29, 1.82) is 0 Å². The molecule has 1 nitrogen and oxygen atoms in total. The molecule has 0 bridgehead atoms. The molecule has 0 amide bonds. The minimum absolute atomic E-state index is 0.547. The summed E-state index contributed by atoms with van der Waals surface area (Å²) >= 11 is 0. The Morgan fingerprint density at radius 2 is 0.767 bits per heavy atom. The highest BCUT2D eigenvalue weighted by atomic mass is 15.1. The Morgan fingerprint density at radius 1 is 0.267 bits per heavy atom. The van der Waals surface area contributed by atoms with Crippen LogP contribution in [-0.4, -0.2) is 0 Å². The third kappa shape index (κ3) is 4.47. The third-order valence-electron chi connectivity index (χ3n) is 13.4. The van der Waals surface area contributed by atoms with Crippen LogP contribution < -0.4 is 4.90 Å². The molecule has 1 spiro atoms. The Bertz CT molecular complexity index is 3550. The molecule has 11 aromatic rings. The summed E-state index contributed by atoms with van der Waals surface area (Å²) in [6.45, 7) is 0. The van der Waals surface area contributed by atoms with Gasteiger partial charge in [0.05, 0.1) is 22.5 Å². The molecule has 1 heteroatoms. The highest BCUT2D eigenvalue weighted by molar-refractivity contribution is 6.16. The van der Waals surface area contributed by atoms with E-state index in [0.29, 0.717) is 0 Å². The zero-order valence-electron chi connectivity index (χ0n) is 32.8. The molecule has 1 atom stereocenters. The molecule has 0 heterocycles. The minimum Gasteiger partial charge on any atom is -0.309 e. The van der Waals surface area contributed by atoms with Gasteiger partial charge in [0.1, 0.15) is 0 Å². The fraction of sp³-hybridized carbons (Fsp3) is 0.0169. The van der Waals surface area contributed by atoms with Crippen molar-refractivity contribution in [2.45, 2.75) is 5.41 Å². The first-order chi connectivity index (χ1) is 29.8. The van der Waals surface area contributed by atoms with Crippen LogP contribution in [0.4, 0.5) is 17.1 Å². The van der Waals surface area contributed by atoms with Crippen molar-refractivity contribution >= 4 is 60.2 Å². The molecular weight excluding hydrogens is 723 g/mol. The molecule has 60 heavy (non-hydrogen) atoms. The Balaban J connectivity index is 1.20. The molecule has 0 fully saturated rings. The summed E-state index contributed by atoms with van der Waals surface area (Å²) in [5.41, 5.74) is 15.8. The van der Waals surface area contributed by atoms with Crippen molar-refractivity contribution < 1.29 is 0 Å². The van der Waals surface area contributed by atoms with E-state index in [9.17, 15) is 0 Å². The van der Waals surface area contributed by atoms with Gasteiger partial charge in [-0.15, -0.1) is 0 Å². The average Bonchev–Trinajstić information content (AvgIpc) is 3.32. The zero-order chi connectivity index (χ0) is 39.4. The van der Waals surface area contributed by atoms with Crippen LogP contribution in [0.5, 0.6) is 0 Å². The number of benzene rings is 11. The van der Waals surface area contributed by atoms with Gasteiger partial charge in [-0.2, -0.15) is 0 Å². The fourth-order valence-corrected chi connectivity index (χ4v) is 11.0. The number of fused-ring (bicyclic) bond motifs is 10. The van der Waals surface area contributed by atoms with Crippen LogP contribution in [0.3, 0.4) is 0 Å². The van der Waals surface area contributed by atoms with E-state index < -0.39 is 5.41 Å². The lowest BCUT2D eigenvalue weighted by Crippen LogP contribution is -2.36. The third-order valence-corrected chi connectivity index (χ3v) is 13.4. The summed E-state index contributed by atoms with van der Waals surface area (Å²) in [6, 6.07) is 84.0. The van der Waals surface area contributed by atoms with Crippen LogP contribution in [0, 0.1) is 0 Å². The van der Waals surface area contributed by atoms with Gasteiger partial charge in [-0.05, 0) is 107 Å². The highest BCUT2D eigenvalue weighted by Gasteiger charge is 2.48. The molecule has 0 aliphatic heterocycles. The molecule has 0 saturated carbocycles. The molecule has 1 unspecified atom stereocenters. The summed E-state index contributed by atoms with van der Waals surface area (Å²) in [7, 11) is 0. The molecule has 2 aliphatic rings. The topological polar surface area (TPSA) is 3.24 Å². The van der Waals surface area contributed by atoms with Crippen LogP contribution in [0.2, 0.25) is 0 Å². The van der Waals surface area contributed by atoms with Gasteiger partial charge in [-0.1, -0.05) is 200 Å². The Labute approximate surface area is 349 Å². The number of hydrogen-bond donors (Lipinski definition) is 0. The second-order valence-corrected chi connectivity index (χ2v) is 16.3. The van der Waals surface area contributed by atoms with E-state index in [-0.39, 0.29) is 0 Å². The van der Waals surface area contributed by atoms with E-state index in [4.69, 9.17) is 0 Å². The van der Waals surface area contributed by atoms with E-state index in [1.54, 1.807) is 0 Å². The second kappa shape index (κ2) is 12.6. The molecule has 278 valence electrons. The maximum atomic E-state index is 2.55. The van der Waals surface area contributed by atoms with E-state index in [2.05, 4.69) is 229 Å². The first kappa shape index (κ1) is 33.3. The lowest BCUT2D eigenvalue weighted by atomic mass is 9.55. The largest absolute Gasteiger partial charge is 0.309 e. The van der Waals surface area contributed by atoms with E-state index >= 15 is 0 Å². The minimum atomic E-state index is -0.547. The van der Waals surface area contributed by atoms with Gasteiger partial charge in [0.2, 0.25) is 0 Å². The number of rotatable bonds is 4. The Hall–Kier alpha value is -7.74. The lowest BCUT2D eigenvalue weighted by molar-refractivity contribution is 0.754. The molecule has 13 rings (SSSR count). The normalized spacial score (nSPS) is 14.7. The van der Waals surface area contributed by atoms with Crippen LogP contribution in [0.1, 0.15) is 22.3 Å². The summed E-state index contributed by atoms with van der Waals surface area (Å²) in [5.74, 6) is 0.